The zero-order valence-corrected chi connectivity index (χ0v) is 8.77. The zero-order valence-electron chi connectivity index (χ0n) is 8.77. The Balaban J connectivity index is 2.09. The van der Waals surface area contributed by atoms with E-state index in [1.54, 1.807) is 18.3 Å². The normalized spacial score (nSPS) is 12.7. The molecule has 0 bridgehead atoms. The lowest BCUT2D eigenvalue weighted by Crippen LogP contribution is -1.95. The van der Waals surface area contributed by atoms with Crippen molar-refractivity contribution in [3.05, 3.63) is 36.2 Å². The second kappa shape index (κ2) is 3.55. The quantitative estimate of drug-likeness (QED) is 0.830. The molecule has 86 valence electrons. The van der Waals surface area contributed by atoms with Crippen molar-refractivity contribution in [3.63, 3.8) is 0 Å². The van der Waals surface area contributed by atoms with Crippen LogP contribution in [0.4, 0.5) is 0 Å². The molecule has 0 saturated heterocycles. The van der Waals surface area contributed by atoms with E-state index in [2.05, 4.69) is 4.98 Å². The summed E-state index contributed by atoms with van der Waals surface area (Å²) in [7, 11) is 0. The fourth-order valence-corrected chi connectivity index (χ4v) is 1.84. The van der Waals surface area contributed by atoms with Crippen molar-refractivity contribution < 1.29 is 19.4 Å². The first kappa shape index (κ1) is 9.77. The molecule has 0 radical (unpaired) electrons. The number of H-pyrrole nitrogens is 1. The molecule has 0 unspecified atom stereocenters. The number of nitrogens with one attached hydrogen (secondary N) is 1. The van der Waals surface area contributed by atoms with Gasteiger partial charge in [0, 0.05) is 18.0 Å². The minimum atomic E-state index is -0.959. The molecule has 0 atom stereocenters. The van der Waals surface area contributed by atoms with Crippen LogP contribution in [0.2, 0.25) is 0 Å². The van der Waals surface area contributed by atoms with Crippen LogP contribution < -0.4 is 9.47 Å². The molecular weight excluding hydrogens is 222 g/mol. The Morgan fingerprint density at radius 3 is 2.88 bits per heavy atom. The Morgan fingerprint density at radius 1 is 1.24 bits per heavy atom. The summed E-state index contributed by atoms with van der Waals surface area (Å²) in [6.45, 7) is 0.206. The van der Waals surface area contributed by atoms with E-state index in [0.29, 0.717) is 17.1 Å². The third-order valence-corrected chi connectivity index (χ3v) is 2.66. The van der Waals surface area contributed by atoms with E-state index < -0.39 is 5.97 Å². The minimum absolute atomic E-state index is 0.206. The highest BCUT2D eigenvalue weighted by Crippen LogP contribution is 2.36. The predicted molar refractivity (Wildman–Crippen MR) is 59.3 cm³/mol. The molecule has 0 amide bonds. The summed E-state index contributed by atoms with van der Waals surface area (Å²) in [6, 6.07) is 5.36. The Kier molecular flexibility index (Phi) is 2.04. The maximum absolute atomic E-state index is 11.0. The van der Waals surface area contributed by atoms with Crippen molar-refractivity contribution >= 4 is 5.97 Å². The Bertz CT molecular complexity index is 588. The van der Waals surface area contributed by atoms with Gasteiger partial charge in [-0.05, 0) is 17.7 Å². The highest BCUT2D eigenvalue weighted by Gasteiger charge is 2.17. The largest absolute Gasteiger partial charge is 0.478 e. The number of benzene rings is 1. The van der Waals surface area contributed by atoms with Gasteiger partial charge in [0.25, 0.3) is 0 Å². The molecule has 5 nitrogen and oxygen atoms in total. The lowest BCUT2D eigenvalue weighted by molar-refractivity contribution is 0.0698. The van der Waals surface area contributed by atoms with Crippen LogP contribution in [0.25, 0.3) is 11.1 Å². The van der Waals surface area contributed by atoms with Gasteiger partial charge < -0.3 is 19.6 Å². The van der Waals surface area contributed by atoms with Gasteiger partial charge >= 0.3 is 5.97 Å². The van der Waals surface area contributed by atoms with Crippen molar-refractivity contribution in [2.24, 2.45) is 0 Å². The van der Waals surface area contributed by atoms with E-state index >= 15 is 0 Å². The lowest BCUT2D eigenvalue weighted by atomic mass is 10.0. The average Bonchev–Trinajstić information content (AvgIpc) is 2.96. The number of rotatable bonds is 2. The van der Waals surface area contributed by atoms with Crippen LogP contribution >= 0.6 is 0 Å². The lowest BCUT2D eigenvalue weighted by Gasteiger charge is -2.02. The molecule has 0 fully saturated rings. The molecule has 1 aliphatic heterocycles. The smallest absolute Gasteiger partial charge is 0.337 e. The summed E-state index contributed by atoms with van der Waals surface area (Å²) in [5.74, 6) is 0.361. The van der Waals surface area contributed by atoms with Crippen LogP contribution in [0.1, 0.15) is 10.4 Å². The molecule has 2 N–H and O–H groups in total. The molecule has 0 spiro atoms. The average molecular weight is 231 g/mol. The highest BCUT2D eigenvalue weighted by atomic mass is 16.7. The van der Waals surface area contributed by atoms with Gasteiger partial charge in [0.15, 0.2) is 11.5 Å². The van der Waals surface area contributed by atoms with Crippen LogP contribution in [0.3, 0.4) is 0 Å². The molecule has 0 aliphatic carbocycles. The van der Waals surface area contributed by atoms with Crippen molar-refractivity contribution in [3.8, 4) is 22.6 Å². The Hall–Kier alpha value is -2.43. The number of hydrogen-bond acceptors (Lipinski definition) is 3. The number of aromatic amines is 1. The van der Waals surface area contributed by atoms with Crippen LogP contribution in [0, 0.1) is 0 Å². The molecule has 3 rings (SSSR count). The van der Waals surface area contributed by atoms with Crippen LogP contribution in [0.5, 0.6) is 11.5 Å². The molecule has 2 aromatic rings. The Morgan fingerprint density at radius 2 is 2.06 bits per heavy atom. The van der Waals surface area contributed by atoms with Crippen molar-refractivity contribution in [1.29, 1.82) is 0 Å². The molecule has 1 aliphatic rings. The monoisotopic (exact) mass is 231 g/mol. The van der Waals surface area contributed by atoms with E-state index in [1.165, 1.54) is 6.20 Å². The third-order valence-electron chi connectivity index (χ3n) is 2.66. The Labute approximate surface area is 96.6 Å². The molecule has 5 heteroatoms. The number of carbonyl (C=O) groups is 1. The second-order valence-electron chi connectivity index (χ2n) is 3.66. The minimum Gasteiger partial charge on any atom is -0.478 e. The first-order valence-corrected chi connectivity index (χ1v) is 5.06. The number of fused-ring (bicyclic) bond motifs is 1. The molecule has 0 saturated carbocycles. The van der Waals surface area contributed by atoms with E-state index in [0.717, 1.165) is 5.56 Å². The highest BCUT2D eigenvalue weighted by molar-refractivity contribution is 5.96. The van der Waals surface area contributed by atoms with Crippen LogP contribution in [0.15, 0.2) is 30.6 Å². The number of carboxylic acid groups (broad SMARTS) is 1. The summed E-state index contributed by atoms with van der Waals surface area (Å²) < 4.78 is 10.5. The van der Waals surface area contributed by atoms with Gasteiger partial charge in [0.05, 0.1) is 5.56 Å². The summed E-state index contributed by atoms with van der Waals surface area (Å²) in [5, 5.41) is 9.03. The number of hydrogen-bond donors (Lipinski definition) is 2. The maximum atomic E-state index is 11.0. The zero-order chi connectivity index (χ0) is 11.8. The molecule has 2 heterocycles. The van der Waals surface area contributed by atoms with Crippen molar-refractivity contribution in [2.45, 2.75) is 0 Å². The first-order valence-electron chi connectivity index (χ1n) is 5.06. The van der Waals surface area contributed by atoms with Gasteiger partial charge in [0.1, 0.15) is 0 Å². The van der Waals surface area contributed by atoms with Gasteiger partial charge in [-0.1, -0.05) is 6.07 Å². The third kappa shape index (κ3) is 1.52. The van der Waals surface area contributed by atoms with E-state index in [9.17, 15) is 4.79 Å². The van der Waals surface area contributed by atoms with Crippen molar-refractivity contribution in [1.82, 2.24) is 4.98 Å². The van der Waals surface area contributed by atoms with Gasteiger partial charge in [-0.2, -0.15) is 0 Å². The van der Waals surface area contributed by atoms with Gasteiger partial charge in [-0.15, -0.1) is 0 Å². The van der Waals surface area contributed by atoms with E-state index in [-0.39, 0.29) is 12.4 Å². The molecule has 17 heavy (non-hydrogen) atoms. The van der Waals surface area contributed by atoms with Gasteiger partial charge in [-0.3, -0.25) is 0 Å². The fourth-order valence-electron chi connectivity index (χ4n) is 1.84. The topological polar surface area (TPSA) is 71.5 Å². The van der Waals surface area contributed by atoms with E-state index in [1.807, 2.05) is 6.07 Å². The maximum Gasteiger partial charge on any atom is 0.337 e. The SMILES string of the molecule is O=C(O)c1c[nH]cc1-c1ccc2c(c1)OCO2. The van der Waals surface area contributed by atoms with Gasteiger partial charge in [0.2, 0.25) is 6.79 Å². The standard InChI is InChI=1S/C12H9NO4/c14-12(15)9-5-13-4-8(9)7-1-2-10-11(3-7)17-6-16-10/h1-5,13H,6H2,(H,14,15). The number of aromatic nitrogens is 1. The summed E-state index contributed by atoms with van der Waals surface area (Å²) >= 11 is 0. The predicted octanol–water partition coefficient (Wildman–Crippen LogP) is 2.11. The number of carboxylic acids is 1. The van der Waals surface area contributed by atoms with Gasteiger partial charge in [-0.25, -0.2) is 4.79 Å². The van der Waals surface area contributed by atoms with Crippen molar-refractivity contribution in [2.75, 3.05) is 6.79 Å². The number of ether oxygens (including phenoxy) is 2. The van der Waals surface area contributed by atoms with E-state index in [4.69, 9.17) is 14.6 Å². The summed E-state index contributed by atoms with van der Waals surface area (Å²) in [6.07, 6.45) is 3.11. The van der Waals surface area contributed by atoms with Crippen LogP contribution in [-0.2, 0) is 0 Å². The first-order chi connectivity index (χ1) is 8.25. The molecule has 1 aromatic carbocycles. The second-order valence-corrected chi connectivity index (χ2v) is 3.66. The number of aromatic carboxylic acids is 1. The summed E-state index contributed by atoms with van der Waals surface area (Å²) in [5.41, 5.74) is 1.66. The molecule has 1 aromatic heterocycles. The summed E-state index contributed by atoms with van der Waals surface area (Å²) in [4.78, 5) is 13.8. The fraction of sp³-hybridized carbons (Fsp3) is 0.0833. The van der Waals surface area contributed by atoms with Crippen LogP contribution in [-0.4, -0.2) is 22.9 Å². The molecular formula is C12H9NO4.